The predicted octanol–water partition coefficient (Wildman–Crippen LogP) is 2.61. The number of methoxy groups -OCH3 is 1. The van der Waals surface area contributed by atoms with Crippen LogP contribution in [0.2, 0.25) is 0 Å². The molecule has 1 unspecified atom stereocenters. The fourth-order valence-electron chi connectivity index (χ4n) is 2.34. The van der Waals surface area contributed by atoms with Crippen LogP contribution in [0.15, 0.2) is 12.1 Å². The lowest BCUT2D eigenvalue weighted by atomic mass is 9.90. The van der Waals surface area contributed by atoms with Crippen molar-refractivity contribution in [1.82, 2.24) is 5.32 Å². The van der Waals surface area contributed by atoms with E-state index in [0.717, 1.165) is 37.1 Å². The van der Waals surface area contributed by atoms with E-state index in [0.29, 0.717) is 11.7 Å². The third-order valence-electron chi connectivity index (χ3n) is 3.25. The standard InChI is InChI=1S/C13H18FNO/c1-9-6-11(10-4-3-5-15-8-10)12(14)7-13(9)16-2/h6-7,10,15H,3-5,8H2,1-2H3. The van der Waals surface area contributed by atoms with Crippen LogP contribution < -0.4 is 10.1 Å². The van der Waals surface area contributed by atoms with E-state index < -0.39 is 0 Å². The summed E-state index contributed by atoms with van der Waals surface area (Å²) in [6.07, 6.45) is 2.19. The minimum Gasteiger partial charge on any atom is -0.496 e. The molecular formula is C13H18FNO. The van der Waals surface area contributed by atoms with Gasteiger partial charge in [-0.1, -0.05) is 0 Å². The number of piperidine rings is 1. The number of ether oxygens (including phenoxy) is 1. The quantitative estimate of drug-likeness (QED) is 0.832. The van der Waals surface area contributed by atoms with Gasteiger partial charge in [0, 0.05) is 12.6 Å². The van der Waals surface area contributed by atoms with Crippen LogP contribution in [0.1, 0.15) is 29.9 Å². The zero-order valence-electron chi connectivity index (χ0n) is 9.85. The first-order valence-corrected chi connectivity index (χ1v) is 5.77. The third kappa shape index (κ3) is 2.19. The van der Waals surface area contributed by atoms with E-state index in [1.54, 1.807) is 7.11 Å². The molecule has 2 nitrogen and oxygen atoms in total. The fourth-order valence-corrected chi connectivity index (χ4v) is 2.34. The van der Waals surface area contributed by atoms with Crippen molar-refractivity contribution in [1.29, 1.82) is 0 Å². The second-order valence-electron chi connectivity index (χ2n) is 4.39. The molecule has 1 saturated heterocycles. The first-order valence-electron chi connectivity index (χ1n) is 5.77. The first kappa shape index (κ1) is 11.4. The average Bonchev–Trinajstić information content (AvgIpc) is 2.32. The SMILES string of the molecule is COc1cc(F)c(C2CCCNC2)cc1C. The van der Waals surface area contributed by atoms with E-state index in [4.69, 9.17) is 4.74 Å². The highest BCUT2D eigenvalue weighted by atomic mass is 19.1. The number of aryl methyl sites for hydroxylation is 1. The predicted molar refractivity (Wildman–Crippen MR) is 62.5 cm³/mol. The summed E-state index contributed by atoms with van der Waals surface area (Å²) in [4.78, 5) is 0. The molecule has 1 fully saturated rings. The van der Waals surface area contributed by atoms with Crippen molar-refractivity contribution in [3.63, 3.8) is 0 Å². The smallest absolute Gasteiger partial charge is 0.130 e. The Hall–Kier alpha value is -1.09. The molecule has 0 radical (unpaired) electrons. The molecule has 1 aromatic rings. The lowest BCUT2D eigenvalue weighted by Gasteiger charge is -2.24. The molecule has 16 heavy (non-hydrogen) atoms. The molecule has 0 amide bonds. The first-order chi connectivity index (χ1) is 7.72. The van der Waals surface area contributed by atoms with Crippen LogP contribution in [-0.2, 0) is 0 Å². The van der Waals surface area contributed by atoms with Crippen molar-refractivity contribution in [3.8, 4) is 5.75 Å². The second-order valence-corrected chi connectivity index (χ2v) is 4.39. The van der Waals surface area contributed by atoms with Crippen LogP contribution in [-0.4, -0.2) is 20.2 Å². The van der Waals surface area contributed by atoms with Gasteiger partial charge in [-0.3, -0.25) is 0 Å². The molecule has 2 rings (SSSR count). The van der Waals surface area contributed by atoms with Gasteiger partial charge in [-0.2, -0.15) is 0 Å². The van der Waals surface area contributed by atoms with Crippen LogP contribution in [0.3, 0.4) is 0 Å². The lowest BCUT2D eigenvalue weighted by molar-refractivity contribution is 0.404. The Morgan fingerprint density at radius 1 is 1.44 bits per heavy atom. The third-order valence-corrected chi connectivity index (χ3v) is 3.25. The number of hydrogen-bond acceptors (Lipinski definition) is 2. The minimum atomic E-state index is -0.142. The summed E-state index contributed by atoms with van der Waals surface area (Å²) in [5.41, 5.74) is 1.83. The highest BCUT2D eigenvalue weighted by molar-refractivity contribution is 5.39. The summed E-state index contributed by atoms with van der Waals surface area (Å²) < 4.78 is 19.0. The fraction of sp³-hybridized carbons (Fsp3) is 0.538. The van der Waals surface area contributed by atoms with E-state index >= 15 is 0 Å². The molecule has 0 aliphatic carbocycles. The van der Waals surface area contributed by atoms with Gasteiger partial charge < -0.3 is 10.1 Å². The molecule has 1 atom stereocenters. The molecule has 3 heteroatoms. The summed E-state index contributed by atoms with van der Waals surface area (Å²) >= 11 is 0. The maximum atomic E-state index is 13.9. The van der Waals surface area contributed by atoms with E-state index in [1.807, 2.05) is 13.0 Å². The Morgan fingerprint density at radius 3 is 2.88 bits per heavy atom. The Labute approximate surface area is 95.8 Å². The molecule has 1 aromatic carbocycles. The summed E-state index contributed by atoms with van der Waals surface area (Å²) in [7, 11) is 1.57. The normalized spacial score (nSPS) is 20.8. The molecule has 0 aromatic heterocycles. The van der Waals surface area contributed by atoms with E-state index in [-0.39, 0.29) is 5.82 Å². The molecule has 0 saturated carbocycles. The average molecular weight is 223 g/mol. The Bertz CT molecular complexity index is 372. The van der Waals surface area contributed by atoms with Crippen LogP contribution >= 0.6 is 0 Å². The largest absolute Gasteiger partial charge is 0.496 e. The van der Waals surface area contributed by atoms with Crippen molar-refractivity contribution in [2.24, 2.45) is 0 Å². The lowest BCUT2D eigenvalue weighted by Crippen LogP contribution is -2.28. The summed E-state index contributed by atoms with van der Waals surface area (Å²) in [6, 6.07) is 3.42. The van der Waals surface area contributed by atoms with Crippen LogP contribution in [0.4, 0.5) is 4.39 Å². The van der Waals surface area contributed by atoms with Gasteiger partial charge in [-0.25, -0.2) is 4.39 Å². The zero-order valence-corrected chi connectivity index (χ0v) is 9.85. The van der Waals surface area contributed by atoms with Gasteiger partial charge in [-0.05, 0) is 49.4 Å². The topological polar surface area (TPSA) is 21.3 Å². The van der Waals surface area contributed by atoms with Gasteiger partial charge in [0.25, 0.3) is 0 Å². The summed E-state index contributed by atoms with van der Waals surface area (Å²) in [5, 5.41) is 3.31. The monoisotopic (exact) mass is 223 g/mol. The van der Waals surface area contributed by atoms with Crippen molar-refractivity contribution in [2.45, 2.75) is 25.7 Å². The van der Waals surface area contributed by atoms with E-state index in [2.05, 4.69) is 5.32 Å². The van der Waals surface area contributed by atoms with Crippen molar-refractivity contribution >= 4 is 0 Å². The Balaban J connectivity index is 2.29. The molecule has 88 valence electrons. The highest BCUT2D eigenvalue weighted by Crippen LogP contribution is 2.30. The summed E-state index contributed by atoms with van der Waals surface area (Å²) in [6.45, 7) is 3.88. The molecule has 1 heterocycles. The number of halogens is 1. The number of hydrogen-bond donors (Lipinski definition) is 1. The van der Waals surface area contributed by atoms with Gasteiger partial charge >= 0.3 is 0 Å². The molecule has 1 aliphatic heterocycles. The molecule has 0 bridgehead atoms. The van der Waals surface area contributed by atoms with E-state index in [9.17, 15) is 4.39 Å². The minimum absolute atomic E-state index is 0.142. The van der Waals surface area contributed by atoms with Gasteiger partial charge in [0.1, 0.15) is 11.6 Å². The van der Waals surface area contributed by atoms with Gasteiger partial charge in [0.2, 0.25) is 0 Å². The Morgan fingerprint density at radius 2 is 2.25 bits per heavy atom. The van der Waals surface area contributed by atoms with Gasteiger partial charge in [-0.15, -0.1) is 0 Å². The second kappa shape index (κ2) is 4.83. The van der Waals surface area contributed by atoms with Crippen LogP contribution in [0.5, 0.6) is 5.75 Å². The maximum absolute atomic E-state index is 13.9. The number of rotatable bonds is 2. The van der Waals surface area contributed by atoms with Crippen LogP contribution in [0.25, 0.3) is 0 Å². The highest BCUT2D eigenvalue weighted by Gasteiger charge is 2.19. The summed E-state index contributed by atoms with van der Waals surface area (Å²) in [5.74, 6) is 0.791. The van der Waals surface area contributed by atoms with Crippen LogP contribution in [0, 0.1) is 12.7 Å². The molecular weight excluding hydrogens is 205 g/mol. The van der Waals surface area contributed by atoms with Gasteiger partial charge in [0.15, 0.2) is 0 Å². The molecule has 0 spiro atoms. The van der Waals surface area contributed by atoms with Crippen molar-refractivity contribution < 1.29 is 9.13 Å². The van der Waals surface area contributed by atoms with Crippen molar-refractivity contribution in [2.75, 3.05) is 20.2 Å². The molecule has 1 aliphatic rings. The number of benzene rings is 1. The van der Waals surface area contributed by atoms with Gasteiger partial charge in [0.05, 0.1) is 7.11 Å². The Kier molecular flexibility index (Phi) is 3.44. The number of nitrogens with one attached hydrogen (secondary N) is 1. The van der Waals surface area contributed by atoms with E-state index in [1.165, 1.54) is 6.07 Å². The molecule has 1 N–H and O–H groups in total. The van der Waals surface area contributed by atoms with Crippen molar-refractivity contribution in [3.05, 3.63) is 29.1 Å². The maximum Gasteiger partial charge on any atom is 0.130 e. The zero-order chi connectivity index (χ0) is 11.5.